The van der Waals surface area contributed by atoms with Crippen LogP contribution in [0.5, 0.6) is 0 Å². The van der Waals surface area contributed by atoms with Gasteiger partial charge in [-0.15, -0.1) is 0 Å². The Morgan fingerprint density at radius 2 is 2.15 bits per heavy atom. The predicted octanol–water partition coefficient (Wildman–Crippen LogP) is 0.538. The second-order valence-electron chi connectivity index (χ2n) is 2.19. The fraction of sp³-hybridized carbons (Fsp3) is 0.250. The van der Waals surface area contributed by atoms with Gasteiger partial charge in [-0.2, -0.15) is 0 Å². The second-order valence-corrected chi connectivity index (χ2v) is 2.19. The molecule has 1 atom stereocenters. The minimum absolute atomic E-state index is 0.193. The molecule has 1 amide bonds. The van der Waals surface area contributed by atoms with Crippen LogP contribution in [0.3, 0.4) is 0 Å². The monoisotopic (exact) mass is 185 g/mol. The average molecular weight is 185 g/mol. The summed E-state index contributed by atoms with van der Waals surface area (Å²) < 4.78 is 4.24. The summed E-state index contributed by atoms with van der Waals surface area (Å²) in [5, 5.41) is 10.7. The summed E-state index contributed by atoms with van der Waals surface area (Å²) in [6, 6.07) is -1.19. The number of carbonyl (C=O) groups excluding carboxylic acids is 1. The number of methoxy groups -OCH3 is 1. The Morgan fingerprint density at radius 1 is 1.62 bits per heavy atom. The zero-order chi connectivity index (χ0) is 10.4. The lowest BCUT2D eigenvalue weighted by Gasteiger charge is -2.12. The molecule has 0 aliphatic heterocycles. The molecule has 0 bridgehead atoms. The lowest BCUT2D eigenvalue weighted by molar-refractivity contribution is -0.138. The molecule has 0 aromatic rings. The van der Waals surface area contributed by atoms with E-state index >= 15 is 0 Å². The molecule has 0 saturated heterocycles. The van der Waals surface area contributed by atoms with E-state index < -0.39 is 18.1 Å². The van der Waals surface area contributed by atoms with Crippen LogP contribution in [-0.2, 0) is 9.53 Å². The van der Waals surface area contributed by atoms with Gasteiger partial charge >= 0.3 is 12.1 Å². The van der Waals surface area contributed by atoms with Crippen LogP contribution in [0, 0.1) is 0 Å². The molecule has 0 spiro atoms. The molecule has 72 valence electrons. The molecule has 5 heteroatoms. The van der Waals surface area contributed by atoms with Gasteiger partial charge < -0.3 is 15.2 Å². The van der Waals surface area contributed by atoms with Gasteiger partial charge in [0, 0.05) is 0 Å². The van der Waals surface area contributed by atoms with Crippen LogP contribution < -0.4 is 5.32 Å². The first-order chi connectivity index (χ1) is 6.02. The van der Waals surface area contributed by atoms with Crippen molar-refractivity contribution < 1.29 is 19.4 Å². The summed E-state index contributed by atoms with van der Waals surface area (Å²) >= 11 is 0. The molecule has 0 aliphatic rings. The third kappa shape index (κ3) is 3.42. The van der Waals surface area contributed by atoms with E-state index in [9.17, 15) is 9.59 Å². The largest absolute Gasteiger partial charge is 0.479 e. The van der Waals surface area contributed by atoms with Crippen molar-refractivity contribution >= 4 is 12.1 Å². The molecule has 0 radical (unpaired) electrons. The number of hydrogen-bond acceptors (Lipinski definition) is 3. The van der Waals surface area contributed by atoms with Crippen molar-refractivity contribution in [1.82, 2.24) is 5.32 Å². The van der Waals surface area contributed by atoms with Gasteiger partial charge in [0.1, 0.15) is 0 Å². The maximum absolute atomic E-state index is 10.7. The van der Waals surface area contributed by atoms with E-state index in [-0.39, 0.29) is 5.57 Å². The molecule has 1 unspecified atom stereocenters. The Kier molecular flexibility index (Phi) is 4.29. The van der Waals surface area contributed by atoms with Crippen molar-refractivity contribution in [1.29, 1.82) is 0 Å². The molecule has 0 aromatic heterocycles. The summed E-state index contributed by atoms with van der Waals surface area (Å²) in [6.07, 6.45) is 0.435. The van der Waals surface area contributed by atoms with Gasteiger partial charge in [0.25, 0.3) is 0 Å². The topological polar surface area (TPSA) is 75.6 Å². The van der Waals surface area contributed by atoms with Gasteiger partial charge in [-0.1, -0.05) is 19.2 Å². The summed E-state index contributed by atoms with van der Waals surface area (Å²) in [4.78, 5) is 21.2. The molecule has 0 heterocycles. The zero-order valence-electron chi connectivity index (χ0n) is 7.24. The quantitative estimate of drug-likeness (QED) is 0.627. The highest BCUT2D eigenvalue weighted by molar-refractivity contribution is 5.83. The third-order valence-electron chi connectivity index (χ3n) is 1.33. The Labute approximate surface area is 75.7 Å². The van der Waals surface area contributed by atoms with E-state index in [0.717, 1.165) is 7.11 Å². The van der Waals surface area contributed by atoms with Crippen LogP contribution in [0.2, 0.25) is 0 Å². The minimum Gasteiger partial charge on any atom is -0.479 e. The van der Waals surface area contributed by atoms with Crippen LogP contribution in [0.15, 0.2) is 24.8 Å². The number of ether oxygens (including phenoxy) is 1. The molecule has 0 saturated carbocycles. The van der Waals surface area contributed by atoms with Crippen molar-refractivity contribution in [2.75, 3.05) is 7.11 Å². The van der Waals surface area contributed by atoms with Crippen LogP contribution in [0.1, 0.15) is 0 Å². The summed E-state index contributed by atoms with van der Waals surface area (Å²) in [5.74, 6) is -1.21. The molecule has 0 aromatic carbocycles. The normalized spacial score (nSPS) is 11.2. The molecular weight excluding hydrogens is 174 g/mol. The van der Waals surface area contributed by atoms with Gasteiger partial charge in [-0.05, 0) is 5.57 Å². The maximum atomic E-state index is 10.7. The highest BCUT2D eigenvalue weighted by atomic mass is 16.5. The number of nitrogens with one attached hydrogen (secondary N) is 1. The Bertz CT molecular complexity index is 247. The molecule has 0 rings (SSSR count). The van der Waals surface area contributed by atoms with Crippen molar-refractivity contribution in [2.24, 2.45) is 0 Å². The first kappa shape index (κ1) is 11.2. The van der Waals surface area contributed by atoms with Crippen LogP contribution in [0.25, 0.3) is 0 Å². The van der Waals surface area contributed by atoms with Gasteiger partial charge in [0.2, 0.25) is 0 Å². The highest BCUT2D eigenvalue weighted by Gasteiger charge is 2.21. The van der Waals surface area contributed by atoms with E-state index in [1.54, 1.807) is 0 Å². The summed E-state index contributed by atoms with van der Waals surface area (Å²) in [6.45, 7) is 6.75. The summed E-state index contributed by atoms with van der Waals surface area (Å²) in [5.41, 5.74) is 0.193. The molecule has 0 fully saturated rings. The van der Waals surface area contributed by atoms with Crippen molar-refractivity contribution in [3.63, 3.8) is 0 Å². The van der Waals surface area contributed by atoms with Crippen LogP contribution >= 0.6 is 0 Å². The standard InChI is InChI=1S/C8H11NO4/c1-4-5(2)6(7(10)11)9-8(12)13-3/h4,6H,1-2H2,3H3,(H,9,12)(H,10,11). The fourth-order valence-corrected chi connectivity index (χ4v) is 0.608. The van der Waals surface area contributed by atoms with Crippen LogP contribution in [-0.4, -0.2) is 30.3 Å². The third-order valence-corrected chi connectivity index (χ3v) is 1.33. The molecule has 2 N–H and O–H groups in total. The van der Waals surface area contributed by atoms with E-state index in [1.807, 2.05) is 0 Å². The number of hydrogen-bond donors (Lipinski definition) is 2. The first-order valence-corrected chi connectivity index (χ1v) is 3.41. The van der Waals surface area contributed by atoms with Gasteiger partial charge in [0.15, 0.2) is 6.04 Å². The Balaban J connectivity index is 4.44. The van der Waals surface area contributed by atoms with E-state index in [2.05, 4.69) is 23.2 Å². The summed E-state index contributed by atoms with van der Waals surface area (Å²) in [7, 11) is 1.14. The number of amides is 1. The van der Waals surface area contributed by atoms with E-state index in [0.29, 0.717) is 0 Å². The lowest BCUT2D eigenvalue weighted by Crippen LogP contribution is -2.41. The maximum Gasteiger partial charge on any atom is 0.407 e. The number of aliphatic carboxylic acids is 1. The molecule has 5 nitrogen and oxygen atoms in total. The first-order valence-electron chi connectivity index (χ1n) is 3.41. The van der Waals surface area contributed by atoms with Crippen LogP contribution in [0.4, 0.5) is 4.79 Å². The number of alkyl carbamates (subject to hydrolysis) is 1. The lowest BCUT2D eigenvalue weighted by atomic mass is 10.1. The number of rotatable bonds is 4. The highest BCUT2D eigenvalue weighted by Crippen LogP contribution is 2.00. The number of carboxylic acids is 1. The Hall–Kier alpha value is -1.78. The minimum atomic E-state index is -1.21. The average Bonchev–Trinajstić information content (AvgIpc) is 2.11. The van der Waals surface area contributed by atoms with E-state index in [1.165, 1.54) is 6.08 Å². The Morgan fingerprint density at radius 3 is 2.46 bits per heavy atom. The van der Waals surface area contributed by atoms with Gasteiger partial charge in [0.05, 0.1) is 7.11 Å². The van der Waals surface area contributed by atoms with E-state index in [4.69, 9.17) is 5.11 Å². The number of carboxylic acid groups (broad SMARTS) is 1. The molecular formula is C8H11NO4. The van der Waals surface area contributed by atoms with Crippen molar-refractivity contribution in [2.45, 2.75) is 6.04 Å². The van der Waals surface area contributed by atoms with Crippen molar-refractivity contribution in [3.05, 3.63) is 24.8 Å². The second kappa shape index (κ2) is 4.97. The number of carbonyl (C=O) groups is 2. The predicted molar refractivity (Wildman–Crippen MR) is 46.3 cm³/mol. The van der Waals surface area contributed by atoms with Gasteiger partial charge in [-0.3, -0.25) is 0 Å². The molecule has 0 aliphatic carbocycles. The smallest absolute Gasteiger partial charge is 0.407 e. The SMILES string of the molecule is C=CC(=C)C(NC(=O)OC)C(=O)O. The zero-order valence-corrected chi connectivity index (χ0v) is 7.24. The molecule has 13 heavy (non-hydrogen) atoms. The fourth-order valence-electron chi connectivity index (χ4n) is 0.608. The van der Waals surface area contributed by atoms with Crippen molar-refractivity contribution in [3.8, 4) is 0 Å². The van der Waals surface area contributed by atoms with Gasteiger partial charge in [-0.25, -0.2) is 9.59 Å².